The first-order chi connectivity index (χ1) is 12.6. The molecule has 0 aromatic heterocycles. The summed E-state index contributed by atoms with van der Waals surface area (Å²) in [5.41, 5.74) is 8.58. The van der Waals surface area contributed by atoms with Crippen molar-refractivity contribution >= 4 is 35.7 Å². The largest absolute Gasteiger partial charge is 0.338 e. The maximum atomic E-state index is 12.6. The summed E-state index contributed by atoms with van der Waals surface area (Å²) in [5, 5.41) is 5.73. The van der Waals surface area contributed by atoms with Crippen molar-refractivity contribution in [3.8, 4) is 0 Å². The molecule has 0 aliphatic carbocycles. The molecule has 1 saturated heterocycles. The quantitative estimate of drug-likeness (QED) is 0.734. The van der Waals surface area contributed by atoms with Crippen molar-refractivity contribution in [1.29, 1.82) is 0 Å². The predicted octanol–water partition coefficient (Wildman–Crippen LogP) is 3.30. The number of hydrogen-bond donors (Lipinski definition) is 3. The van der Waals surface area contributed by atoms with Crippen molar-refractivity contribution in [2.75, 3.05) is 23.3 Å². The van der Waals surface area contributed by atoms with Gasteiger partial charge >= 0.3 is 6.03 Å². The molecule has 4 N–H and O–H groups in total. The first kappa shape index (κ1) is 20.7. The number of carbonyl (C=O) groups excluding carboxylic acids is 2. The van der Waals surface area contributed by atoms with Crippen LogP contribution < -0.4 is 21.3 Å². The molecular weight excluding hydrogens is 364 g/mol. The Balaban J connectivity index is 0.00000261. The molecule has 2 unspecified atom stereocenters. The summed E-state index contributed by atoms with van der Waals surface area (Å²) in [5.74, 6) is -0.541. The van der Waals surface area contributed by atoms with Crippen molar-refractivity contribution in [1.82, 2.24) is 5.32 Å². The van der Waals surface area contributed by atoms with Gasteiger partial charge in [0.1, 0.15) is 0 Å². The lowest BCUT2D eigenvalue weighted by Crippen LogP contribution is -2.46. The minimum absolute atomic E-state index is 0. The van der Waals surface area contributed by atoms with Gasteiger partial charge in [0.25, 0.3) is 0 Å². The maximum absolute atomic E-state index is 12.6. The van der Waals surface area contributed by atoms with E-state index in [0.717, 1.165) is 17.7 Å². The van der Waals surface area contributed by atoms with Crippen LogP contribution in [-0.2, 0) is 4.79 Å². The van der Waals surface area contributed by atoms with E-state index in [-0.39, 0.29) is 36.3 Å². The van der Waals surface area contributed by atoms with Crippen LogP contribution in [0.3, 0.4) is 0 Å². The second-order valence-electron chi connectivity index (χ2n) is 6.50. The number of anilines is 2. The average Bonchev–Trinajstić information content (AvgIpc) is 2.68. The minimum atomic E-state index is -0.389. The van der Waals surface area contributed by atoms with Crippen molar-refractivity contribution in [2.24, 2.45) is 11.7 Å². The van der Waals surface area contributed by atoms with Crippen LogP contribution >= 0.6 is 12.4 Å². The Hall–Kier alpha value is -2.57. The number of benzene rings is 2. The number of urea groups is 1. The Morgan fingerprint density at radius 3 is 2.63 bits per heavy atom. The standard InChI is InChI=1S/C20H24N4O2.ClH/c1-14(18(21)15-7-3-2-4-8-15)19(25)23-16-9-5-10-17(13-16)24-12-6-11-22-20(24)26;/h2-5,7-10,13-14,18H,6,11-12,21H2,1H3,(H,22,26)(H,23,25);1H. The molecule has 2 atom stereocenters. The van der Waals surface area contributed by atoms with E-state index in [1.807, 2.05) is 61.5 Å². The van der Waals surface area contributed by atoms with Crippen LogP contribution in [0.25, 0.3) is 0 Å². The molecular formula is C20H25ClN4O2. The van der Waals surface area contributed by atoms with Crippen molar-refractivity contribution < 1.29 is 9.59 Å². The summed E-state index contributed by atoms with van der Waals surface area (Å²) in [4.78, 5) is 26.3. The first-order valence-electron chi connectivity index (χ1n) is 8.83. The van der Waals surface area contributed by atoms with Crippen LogP contribution in [0.1, 0.15) is 24.9 Å². The van der Waals surface area contributed by atoms with Crippen molar-refractivity contribution in [3.05, 3.63) is 60.2 Å². The third-order valence-corrected chi connectivity index (χ3v) is 4.64. The van der Waals surface area contributed by atoms with Gasteiger partial charge in [-0.2, -0.15) is 0 Å². The monoisotopic (exact) mass is 388 g/mol. The van der Waals surface area contributed by atoms with E-state index in [1.54, 1.807) is 4.90 Å². The van der Waals surface area contributed by atoms with Crippen LogP contribution in [0, 0.1) is 5.92 Å². The molecule has 3 amide bonds. The second kappa shape index (κ2) is 9.39. The highest BCUT2D eigenvalue weighted by atomic mass is 35.5. The molecule has 0 saturated carbocycles. The Kier molecular flexibility index (Phi) is 7.21. The van der Waals surface area contributed by atoms with Gasteiger partial charge in [-0.1, -0.05) is 43.3 Å². The predicted molar refractivity (Wildman–Crippen MR) is 110 cm³/mol. The number of rotatable bonds is 5. The molecule has 0 bridgehead atoms. The Morgan fingerprint density at radius 1 is 1.19 bits per heavy atom. The summed E-state index contributed by atoms with van der Waals surface area (Å²) >= 11 is 0. The van der Waals surface area contributed by atoms with Gasteiger partial charge in [-0.05, 0) is 30.2 Å². The summed E-state index contributed by atoms with van der Waals surface area (Å²) in [6.07, 6.45) is 0.894. The van der Waals surface area contributed by atoms with Gasteiger partial charge in [-0.25, -0.2) is 4.79 Å². The number of nitrogens with zero attached hydrogens (tertiary/aromatic N) is 1. The lowest BCUT2D eigenvalue weighted by molar-refractivity contribution is -0.120. The normalized spacial score (nSPS) is 15.9. The van der Waals surface area contributed by atoms with Gasteiger partial charge in [0.05, 0.1) is 5.92 Å². The van der Waals surface area contributed by atoms with Crippen LogP contribution in [0.15, 0.2) is 54.6 Å². The van der Waals surface area contributed by atoms with E-state index in [4.69, 9.17) is 5.73 Å². The van der Waals surface area contributed by atoms with Gasteiger partial charge < -0.3 is 16.4 Å². The number of nitrogens with one attached hydrogen (secondary N) is 2. The van der Waals surface area contributed by atoms with E-state index in [9.17, 15) is 9.59 Å². The summed E-state index contributed by atoms with van der Waals surface area (Å²) in [6, 6.07) is 16.4. The Bertz CT molecular complexity index is 785. The maximum Gasteiger partial charge on any atom is 0.321 e. The lowest BCUT2D eigenvalue weighted by atomic mass is 9.94. The minimum Gasteiger partial charge on any atom is -0.338 e. The zero-order chi connectivity index (χ0) is 18.5. The number of carbonyl (C=O) groups is 2. The smallest absolute Gasteiger partial charge is 0.321 e. The van der Waals surface area contributed by atoms with Crippen LogP contribution in [-0.4, -0.2) is 25.0 Å². The topological polar surface area (TPSA) is 87.5 Å². The number of nitrogens with two attached hydrogens (primary N) is 1. The summed E-state index contributed by atoms with van der Waals surface area (Å²) < 4.78 is 0. The third kappa shape index (κ3) is 4.99. The van der Waals surface area contributed by atoms with Gasteiger partial charge in [0.15, 0.2) is 0 Å². The second-order valence-corrected chi connectivity index (χ2v) is 6.50. The molecule has 1 aliphatic rings. The molecule has 1 fully saturated rings. The Morgan fingerprint density at radius 2 is 1.93 bits per heavy atom. The molecule has 0 radical (unpaired) electrons. The number of amides is 3. The fourth-order valence-corrected chi connectivity index (χ4v) is 3.01. The fraction of sp³-hybridized carbons (Fsp3) is 0.300. The van der Waals surface area contributed by atoms with E-state index in [0.29, 0.717) is 18.8 Å². The molecule has 2 aromatic carbocycles. The van der Waals surface area contributed by atoms with E-state index in [2.05, 4.69) is 10.6 Å². The SMILES string of the molecule is CC(C(=O)Nc1cccc(N2CCCNC2=O)c1)C(N)c1ccccc1.Cl. The zero-order valence-corrected chi connectivity index (χ0v) is 16.0. The highest BCUT2D eigenvalue weighted by Gasteiger charge is 2.23. The first-order valence-corrected chi connectivity index (χ1v) is 8.83. The van der Waals surface area contributed by atoms with Crippen LogP contribution in [0.4, 0.5) is 16.2 Å². The van der Waals surface area contributed by atoms with Gasteiger partial charge in [0.2, 0.25) is 5.91 Å². The molecule has 3 rings (SSSR count). The molecule has 0 spiro atoms. The molecule has 144 valence electrons. The summed E-state index contributed by atoms with van der Waals surface area (Å²) in [7, 11) is 0. The van der Waals surface area contributed by atoms with Gasteiger partial charge in [-0.3, -0.25) is 9.69 Å². The average molecular weight is 389 g/mol. The zero-order valence-electron chi connectivity index (χ0n) is 15.2. The fourth-order valence-electron chi connectivity index (χ4n) is 3.01. The highest BCUT2D eigenvalue weighted by molar-refractivity contribution is 5.96. The number of halogens is 1. The lowest BCUT2D eigenvalue weighted by Gasteiger charge is -2.28. The highest BCUT2D eigenvalue weighted by Crippen LogP contribution is 2.24. The Labute approximate surface area is 165 Å². The molecule has 6 nitrogen and oxygen atoms in total. The molecule has 1 aliphatic heterocycles. The molecule has 1 heterocycles. The third-order valence-electron chi connectivity index (χ3n) is 4.64. The number of hydrogen-bond acceptors (Lipinski definition) is 3. The summed E-state index contributed by atoms with van der Waals surface area (Å²) in [6.45, 7) is 3.17. The van der Waals surface area contributed by atoms with Crippen LogP contribution in [0.2, 0.25) is 0 Å². The van der Waals surface area contributed by atoms with Crippen LogP contribution in [0.5, 0.6) is 0 Å². The molecule has 2 aromatic rings. The molecule has 7 heteroatoms. The van der Waals surface area contributed by atoms with Gasteiger partial charge in [0, 0.05) is 30.5 Å². The van der Waals surface area contributed by atoms with Crippen molar-refractivity contribution in [2.45, 2.75) is 19.4 Å². The van der Waals surface area contributed by atoms with Gasteiger partial charge in [-0.15, -0.1) is 12.4 Å². The van der Waals surface area contributed by atoms with E-state index >= 15 is 0 Å². The molecule has 27 heavy (non-hydrogen) atoms. The van der Waals surface area contributed by atoms with Crippen molar-refractivity contribution in [3.63, 3.8) is 0 Å². The van der Waals surface area contributed by atoms with E-state index in [1.165, 1.54) is 0 Å². The van der Waals surface area contributed by atoms with E-state index < -0.39 is 0 Å².